The van der Waals surface area contributed by atoms with Gasteiger partial charge in [-0.3, -0.25) is 9.59 Å². The molecule has 0 aromatic heterocycles. The third-order valence-electron chi connectivity index (χ3n) is 3.68. The first-order chi connectivity index (χ1) is 11.0. The van der Waals surface area contributed by atoms with E-state index in [4.69, 9.17) is 0 Å². The van der Waals surface area contributed by atoms with Gasteiger partial charge in [-0.1, -0.05) is 31.2 Å². The van der Waals surface area contributed by atoms with Crippen molar-refractivity contribution in [2.75, 3.05) is 10.6 Å². The molecule has 0 aliphatic rings. The zero-order chi connectivity index (χ0) is 16.8. The Morgan fingerprint density at radius 2 is 1.13 bits per heavy atom. The van der Waals surface area contributed by atoms with E-state index in [2.05, 4.69) is 17.6 Å². The van der Waals surface area contributed by atoms with Crippen molar-refractivity contribution in [3.05, 3.63) is 59.7 Å². The molecule has 2 aromatic carbocycles. The molecule has 0 atom stereocenters. The highest BCUT2D eigenvalue weighted by Crippen LogP contribution is 2.29. The predicted octanol–water partition coefficient (Wildman–Crippen LogP) is 4.15. The smallest absolute Gasteiger partial charge is 0.221 e. The molecule has 2 amide bonds. The highest BCUT2D eigenvalue weighted by atomic mass is 16.2. The molecule has 2 N–H and O–H groups in total. The maximum absolute atomic E-state index is 11.1. The summed E-state index contributed by atoms with van der Waals surface area (Å²) in [4.78, 5) is 22.2. The molecule has 0 saturated heterocycles. The molecular formula is C19H22N2O2. The predicted molar refractivity (Wildman–Crippen MR) is 93.6 cm³/mol. The van der Waals surface area contributed by atoms with Crippen LogP contribution in [0.25, 0.3) is 0 Å². The first kappa shape index (κ1) is 16.7. The van der Waals surface area contributed by atoms with Crippen molar-refractivity contribution in [3.8, 4) is 0 Å². The number of rotatable bonds is 5. The van der Waals surface area contributed by atoms with Crippen LogP contribution in [0.15, 0.2) is 48.5 Å². The van der Waals surface area contributed by atoms with Crippen molar-refractivity contribution < 1.29 is 9.59 Å². The topological polar surface area (TPSA) is 58.2 Å². The summed E-state index contributed by atoms with van der Waals surface area (Å²) in [5.74, 6) is 0.143. The van der Waals surface area contributed by atoms with Crippen LogP contribution < -0.4 is 10.6 Å². The van der Waals surface area contributed by atoms with Gasteiger partial charge in [0.25, 0.3) is 0 Å². The third-order valence-corrected chi connectivity index (χ3v) is 3.68. The zero-order valence-electron chi connectivity index (χ0n) is 13.7. The zero-order valence-corrected chi connectivity index (χ0v) is 13.7. The average molecular weight is 310 g/mol. The second-order valence-corrected chi connectivity index (χ2v) is 5.57. The van der Waals surface area contributed by atoms with Gasteiger partial charge < -0.3 is 10.6 Å². The summed E-state index contributed by atoms with van der Waals surface area (Å²) in [5.41, 5.74) is 4.01. The second-order valence-electron chi connectivity index (χ2n) is 5.57. The van der Waals surface area contributed by atoms with Gasteiger partial charge in [0, 0.05) is 31.1 Å². The molecule has 0 bridgehead atoms. The van der Waals surface area contributed by atoms with E-state index in [-0.39, 0.29) is 17.7 Å². The molecule has 0 heterocycles. The lowest BCUT2D eigenvalue weighted by atomic mass is 9.89. The molecule has 0 radical (unpaired) electrons. The Hall–Kier alpha value is -2.62. The fraction of sp³-hybridized carbons (Fsp3) is 0.263. The molecule has 0 fully saturated rings. The number of hydrogen-bond acceptors (Lipinski definition) is 2. The van der Waals surface area contributed by atoms with Crippen LogP contribution in [0.4, 0.5) is 11.4 Å². The number of nitrogens with one attached hydrogen (secondary N) is 2. The van der Waals surface area contributed by atoms with Gasteiger partial charge >= 0.3 is 0 Å². The van der Waals surface area contributed by atoms with Crippen LogP contribution >= 0.6 is 0 Å². The maximum atomic E-state index is 11.1. The summed E-state index contributed by atoms with van der Waals surface area (Å²) in [5, 5.41) is 5.55. The minimum absolute atomic E-state index is 0.0710. The average Bonchev–Trinajstić information content (AvgIpc) is 2.50. The molecular weight excluding hydrogens is 288 g/mol. The first-order valence-corrected chi connectivity index (χ1v) is 7.74. The molecule has 0 unspecified atom stereocenters. The minimum atomic E-state index is -0.0710. The van der Waals surface area contributed by atoms with Crippen molar-refractivity contribution in [3.63, 3.8) is 0 Å². The molecule has 0 spiro atoms. The normalized spacial score (nSPS) is 10.4. The fourth-order valence-electron chi connectivity index (χ4n) is 2.67. The number of anilines is 2. The van der Waals surface area contributed by atoms with Crippen molar-refractivity contribution >= 4 is 23.2 Å². The lowest BCUT2D eigenvalue weighted by molar-refractivity contribution is -0.115. The number of benzene rings is 2. The summed E-state index contributed by atoms with van der Waals surface area (Å²) in [6, 6.07) is 15.9. The van der Waals surface area contributed by atoms with E-state index in [1.54, 1.807) is 0 Å². The lowest BCUT2D eigenvalue weighted by Gasteiger charge is -2.17. The number of carbonyl (C=O) groups is 2. The standard InChI is InChI=1S/C19H22N2O2/c1-4-19(15-5-9-17(10-6-15)20-13(2)22)16-7-11-18(12-8-16)21-14(3)23/h5-12,19H,4H2,1-3H3,(H,20,22)(H,21,23). The van der Waals surface area contributed by atoms with Gasteiger partial charge in [-0.25, -0.2) is 0 Å². The van der Waals surface area contributed by atoms with Crippen LogP contribution in [-0.2, 0) is 9.59 Å². The molecule has 4 heteroatoms. The monoisotopic (exact) mass is 310 g/mol. The number of carbonyl (C=O) groups excluding carboxylic acids is 2. The molecule has 23 heavy (non-hydrogen) atoms. The van der Waals surface area contributed by atoms with Gasteiger partial charge in [-0.2, -0.15) is 0 Å². The third kappa shape index (κ3) is 4.68. The Morgan fingerprint density at radius 3 is 1.39 bits per heavy atom. The van der Waals surface area contributed by atoms with Crippen LogP contribution in [0.2, 0.25) is 0 Å². The van der Waals surface area contributed by atoms with E-state index in [1.807, 2.05) is 48.5 Å². The summed E-state index contributed by atoms with van der Waals surface area (Å²) >= 11 is 0. The summed E-state index contributed by atoms with van der Waals surface area (Å²) in [6.07, 6.45) is 0.971. The Kier molecular flexibility index (Phi) is 5.52. The van der Waals surface area contributed by atoms with E-state index >= 15 is 0 Å². The van der Waals surface area contributed by atoms with E-state index in [1.165, 1.54) is 25.0 Å². The molecule has 4 nitrogen and oxygen atoms in total. The fourth-order valence-corrected chi connectivity index (χ4v) is 2.67. The molecule has 0 aliphatic carbocycles. The summed E-state index contributed by atoms with van der Waals surface area (Å²) in [6.45, 7) is 5.15. The van der Waals surface area contributed by atoms with Gasteiger partial charge in [-0.15, -0.1) is 0 Å². The minimum Gasteiger partial charge on any atom is -0.326 e. The lowest BCUT2D eigenvalue weighted by Crippen LogP contribution is -2.07. The quantitative estimate of drug-likeness (QED) is 0.871. The Bertz CT molecular complexity index is 616. The van der Waals surface area contributed by atoms with E-state index in [0.29, 0.717) is 0 Å². The van der Waals surface area contributed by atoms with Crippen LogP contribution in [0.3, 0.4) is 0 Å². The Labute approximate surface area is 136 Å². The van der Waals surface area contributed by atoms with Gasteiger partial charge in [0.15, 0.2) is 0 Å². The van der Waals surface area contributed by atoms with Crippen molar-refractivity contribution in [2.24, 2.45) is 0 Å². The van der Waals surface area contributed by atoms with Gasteiger partial charge in [0.05, 0.1) is 0 Å². The highest BCUT2D eigenvalue weighted by Gasteiger charge is 2.12. The van der Waals surface area contributed by atoms with Crippen molar-refractivity contribution in [1.82, 2.24) is 0 Å². The molecule has 2 aromatic rings. The largest absolute Gasteiger partial charge is 0.326 e. The SMILES string of the molecule is CCC(c1ccc(NC(C)=O)cc1)c1ccc(NC(C)=O)cc1. The summed E-state index contributed by atoms with van der Waals surface area (Å²) in [7, 11) is 0. The summed E-state index contributed by atoms with van der Waals surface area (Å²) < 4.78 is 0. The van der Waals surface area contributed by atoms with Crippen LogP contribution in [0.5, 0.6) is 0 Å². The molecule has 0 saturated carbocycles. The van der Waals surface area contributed by atoms with E-state index in [0.717, 1.165) is 17.8 Å². The van der Waals surface area contributed by atoms with Crippen LogP contribution in [-0.4, -0.2) is 11.8 Å². The van der Waals surface area contributed by atoms with Crippen LogP contribution in [0, 0.1) is 0 Å². The highest BCUT2D eigenvalue weighted by molar-refractivity contribution is 5.89. The second kappa shape index (κ2) is 7.58. The number of amides is 2. The van der Waals surface area contributed by atoms with Gasteiger partial charge in [0.2, 0.25) is 11.8 Å². The molecule has 120 valence electrons. The van der Waals surface area contributed by atoms with Gasteiger partial charge in [-0.05, 0) is 41.8 Å². The molecule has 2 rings (SSSR count). The van der Waals surface area contributed by atoms with Crippen LogP contribution in [0.1, 0.15) is 44.2 Å². The van der Waals surface area contributed by atoms with Crippen molar-refractivity contribution in [2.45, 2.75) is 33.1 Å². The molecule has 0 aliphatic heterocycles. The Morgan fingerprint density at radius 1 is 0.783 bits per heavy atom. The Balaban J connectivity index is 2.18. The van der Waals surface area contributed by atoms with E-state index < -0.39 is 0 Å². The van der Waals surface area contributed by atoms with Crippen molar-refractivity contribution in [1.29, 1.82) is 0 Å². The number of hydrogen-bond donors (Lipinski definition) is 2. The first-order valence-electron chi connectivity index (χ1n) is 7.74. The van der Waals surface area contributed by atoms with Gasteiger partial charge in [0.1, 0.15) is 0 Å². The van der Waals surface area contributed by atoms with E-state index in [9.17, 15) is 9.59 Å². The maximum Gasteiger partial charge on any atom is 0.221 e.